The summed E-state index contributed by atoms with van der Waals surface area (Å²) in [6.45, 7) is 0. The van der Waals surface area contributed by atoms with E-state index in [4.69, 9.17) is 6.85 Å². The molecule has 0 fully saturated rings. The highest BCUT2D eigenvalue weighted by Gasteiger charge is 2.11. The molecule has 0 unspecified atom stereocenters. The molecule has 0 aliphatic carbocycles. The minimum absolute atomic E-state index is 0.162. The fourth-order valence-electron chi connectivity index (χ4n) is 2.54. The van der Waals surface area contributed by atoms with Gasteiger partial charge < -0.3 is 4.57 Å². The molecule has 0 saturated carbocycles. The first-order valence-corrected chi connectivity index (χ1v) is 6.97. The zero-order valence-corrected chi connectivity index (χ0v) is 12.0. The van der Waals surface area contributed by atoms with Gasteiger partial charge in [-0.2, -0.15) is 0 Å². The Kier molecular flexibility index (Phi) is 1.72. The van der Waals surface area contributed by atoms with Gasteiger partial charge in [0.25, 0.3) is 0 Å². The van der Waals surface area contributed by atoms with Crippen molar-refractivity contribution >= 4 is 37.7 Å². The minimum Gasteiger partial charge on any atom is -0.309 e. The molecule has 20 heavy (non-hydrogen) atoms. The van der Waals surface area contributed by atoms with Crippen molar-refractivity contribution in [3.05, 3.63) is 77.1 Å². The second-order valence-corrected chi connectivity index (χ2v) is 5.40. The Morgan fingerprint density at radius 3 is 2.45 bits per heavy atom. The average Bonchev–Trinajstić information content (AvgIpc) is 2.92. The number of aromatic nitrogens is 1. The standard InChI is InChI=1S/C18H12BrN/c19-13-10-11-16-15-8-4-5-9-17(15)20(18(16)12-13)14-6-2-1-3-7-14/h1-12H/i1D,2D,3D,6D,7D. The maximum atomic E-state index is 8.31. The number of halogens is 1. The molecular formula is C18H12BrN. The van der Waals surface area contributed by atoms with Crippen LogP contribution in [0.25, 0.3) is 27.5 Å². The Bertz CT molecular complexity index is 1140. The summed E-state index contributed by atoms with van der Waals surface area (Å²) in [6, 6.07) is 12.0. The van der Waals surface area contributed by atoms with Crippen LogP contribution < -0.4 is 0 Å². The van der Waals surface area contributed by atoms with Crippen molar-refractivity contribution in [2.24, 2.45) is 0 Å². The molecule has 0 aliphatic heterocycles. The smallest absolute Gasteiger partial charge is 0.0645 e. The van der Waals surface area contributed by atoms with Crippen LogP contribution in [0.15, 0.2) is 77.1 Å². The molecule has 0 bridgehead atoms. The van der Waals surface area contributed by atoms with Gasteiger partial charge in [-0.3, -0.25) is 0 Å². The normalized spacial score (nSPS) is 14.8. The lowest BCUT2D eigenvalue weighted by molar-refractivity contribution is 1.18. The lowest BCUT2D eigenvalue weighted by Crippen LogP contribution is -1.92. The highest BCUT2D eigenvalue weighted by atomic mass is 79.9. The van der Waals surface area contributed by atoms with Crippen molar-refractivity contribution in [1.82, 2.24) is 4.57 Å². The first kappa shape index (κ1) is 7.65. The molecule has 1 aromatic heterocycles. The molecule has 2 heteroatoms. The van der Waals surface area contributed by atoms with Gasteiger partial charge in [-0.25, -0.2) is 0 Å². The number of para-hydroxylation sites is 2. The Hall–Kier alpha value is -2.06. The van der Waals surface area contributed by atoms with Crippen LogP contribution in [0.1, 0.15) is 6.85 Å². The predicted molar refractivity (Wildman–Crippen MR) is 88.5 cm³/mol. The zero-order chi connectivity index (χ0) is 17.9. The molecule has 0 aliphatic rings. The fraction of sp³-hybridized carbons (Fsp3) is 0. The molecule has 1 heterocycles. The van der Waals surface area contributed by atoms with Gasteiger partial charge in [-0.15, -0.1) is 0 Å². The van der Waals surface area contributed by atoms with Gasteiger partial charge in [-0.05, 0) is 30.3 Å². The maximum Gasteiger partial charge on any atom is 0.0645 e. The van der Waals surface area contributed by atoms with E-state index < -0.39 is 0 Å². The molecule has 0 N–H and O–H groups in total. The van der Waals surface area contributed by atoms with Crippen molar-refractivity contribution in [1.29, 1.82) is 0 Å². The van der Waals surface area contributed by atoms with Crippen molar-refractivity contribution in [3.63, 3.8) is 0 Å². The largest absolute Gasteiger partial charge is 0.309 e. The summed E-state index contributed by atoms with van der Waals surface area (Å²) < 4.78 is 43.0. The Morgan fingerprint density at radius 2 is 1.60 bits per heavy atom. The topological polar surface area (TPSA) is 4.93 Å². The molecule has 0 atom stereocenters. The first-order valence-electron chi connectivity index (χ1n) is 8.68. The van der Waals surface area contributed by atoms with E-state index in [1.807, 2.05) is 42.5 Å². The highest BCUT2D eigenvalue weighted by Crippen LogP contribution is 2.33. The van der Waals surface area contributed by atoms with Gasteiger partial charge in [0.1, 0.15) is 0 Å². The van der Waals surface area contributed by atoms with Gasteiger partial charge in [0, 0.05) is 20.9 Å². The minimum atomic E-state index is -0.388. The lowest BCUT2D eigenvalue weighted by Gasteiger charge is -2.07. The van der Waals surface area contributed by atoms with E-state index in [1.165, 1.54) is 0 Å². The van der Waals surface area contributed by atoms with Crippen LogP contribution >= 0.6 is 15.9 Å². The van der Waals surface area contributed by atoms with Crippen LogP contribution in [0.4, 0.5) is 0 Å². The van der Waals surface area contributed by atoms with E-state index in [-0.39, 0.29) is 35.9 Å². The van der Waals surface area contributed by atoms with E-state index >= 15 is 0 Å². The van der Waals surface area contributed by atoms with Gasteiger partial charge in [0.15, 0.2) is 0 Å². The molecule has 1 nitrogen and oxygen atoms in total. The molecule has 4 rings (SSSR count). The number of rotatable bonds is 1. The summed E-state index contributed by atoms with van der Waals surface area (Å²) in [4.78, 5) is 0. The summed E-state index contributed by atoms with van der Waals surface area (Å²) in [5, 5.41) is 1.93. The molecule has 4 aromatic rings. The molecule has 0 spiro atoms. The van der Waals surface area contributed by atoms with Crippen molar-refractivity contribution in [2.75, 3.05) is 0 Å². The van der Waals surface area contributed by atoms with Crippen LogP contribution in [0, 0.1) is 0 Å². The van der Waals surface area contributed by atoms with Crippen molar-refractivity contribution in [2.45, 2.75) is 0 Å². The van der Waals surface area contributed by atoms with Crippen LogP contribution in [-0.4, -0.2) is 4.57 Å². The summed E-state index contributed by atoms with van der Waals surface area (Å²) in [6.07, 6.45) is 0. The van der Waals surface area contributed by atoms with Crippen molar-refractivity contribution < 1.29 is 6.85 Å². The number of hydrogen-bond donors (Lipinski definition) is 0. The molecular weight excluding hydrogens is 310 g/mol. The van der Waals surface area contributed by atoms with E-state index in [0.29, 0.717) is 0 Å². The van der Waals surface area contributed by atoms with Crippen LogP contribution in [0.5, 0.6) is 0 Å². The summed E-state index contributed by atoms with van der Waals surface area (Å²) >= 11 is 3.46. The average molecular weight is 327 g/mol. The monoisotopic (exact) mass is 326 g/mol. The molecule has 0 saturated heterocycles. The molecule has 0 radical (unpaired) electrons. The summed E-state index contributed by atoms with van der Waals surface area (Å²) in [5.74, 6) is 0. The fourth-order valence-corrected chi connectivity index (χ4v) is 2.89. The highest BCUT2D eigenvalue weighted by molar-refractivity contribution is 9.10. The van der Waals surface area contributed by atoms with E-state index in [1.54, 1.807) is 4.57 Å². The van der Waals surface area contributed by atoms with Crippen LogP contribution in [0.3, 0.4) is 0 Å². The summed E-state index contributed by atoms with van der Waals surface area (Å²) in [5.41, 5.74) is 1.75. The number of benzene rings is 3. The third-order valence-corrected chi connectivity index (χ3v) is 3.84. The van der Waals surface area contributed by atoms with Crippen molar-refractivity contribution in [3.8, 4) is 5.69 Å². The van der Waals surface area contributed by atoms with E-state index in [9.17, 15) is 0 Å². The van der Waals surface area contributed by atoms with E-state index in [0.717, 1.165) is 26.3 Å². The third kappa shape index (κ3) is 1.69. The molecule has 96 valence electrons. The number of nitrogens with zero attached hydrogens (tertiary/aromatic N) is 1. The van der Waals surface area contributed by atoms with Gasteiger partial charge in [0.2, 0.25) is 0 Å². The van der Waals surface area contributed by atoms with Gasteiger partial charge in [-0.1, -0.05) is 58.3 Å². The number of hydrogen-bond acceptors (Lipinski definition) is 0. The van der Waals surface area contributed by atoms with Gasteiger partial charge in [0.05, 0.1) is 17.9 Å². The SMILES string of the molecule is [2H]c1c([2H])c([2H])c(-n2c3ccccc3c3ccc(Br)cc32)c([2H])c1[2H]. The quantitative estimate of drug-likeness (QED) is 0.432. The Morgan fingerprint density at radius 1 is 0.850 bits per heavy atom. The van der Waals surface area contributed by atoms with Gasteiger partial charge >= 0.3 is 0 Å². The summed E-state index contributed by atoms with van der Waals surface area (Å²) in [7, 11) is 0. The second kappa shape index (κ2) is 4.50. The molecule has 3 aromatic carbocycles. The lowest BCUT2D eigenvalue weighted by atomic mass is 10.2. The predicted octanol–water partition coefficient (Wildman–Crippen LogP) is 5.55. The zero-order valence-electron chi connectivity index (χ0n) is 15.4. The Balaban J connectivity index is 2.27. The number of fused-ring (bicyclic) bond motifs is 3. The maximum absolute atomic E-state index is 8.31. The third-order valence-electron chi connectivity index (χ3n) is 3.35. The molecule has 0 amide bonds. The second-order valence-electron chi connectivity index (χ2n) is 4.49. The van der Waals surface area contributed by atoms with Crippen LogP contribution in [-0.2, 0) is 0 Å². The Labute approximate surface area is 132 Å². The first-order chi connectivity index (χ1) is 11.9. The van der Waals surface area contributed by atoms with E-state index in [2.05, 4.69) is 15.9 Å². The van der Waals surface area contributed by atoms with Crippen LogP contribution in [0.2, 0.25) is 0 Å².